The molecule has 0 aliphatic carbocycles. The van der Waals surface area contributed by atoms with E-state index >= 15 is 0 Å². The minimum atomic E-state index is -0.650. The molecule has 3 rings (SSSR count). The SMILES string of the molecule is Cc1ccccc1NC(=O)Cn1nc(-c2cccs2)oc1=O. The van der Waals surface area contributed by atoms with Crippen LogP contribution < -0.4 is 11.1 Å². The zero-order chi connectivity index (χ0) is 15.5. The van der Waals surface area contributed by atoms with Gasteiger partial charge in [-0.2, -0.15) is 4.68 Å². The number of hydrogen-bond acceptors (Lipinski definition) is 5. The lowest BCUT2D eigenvalue weighted by Gasteiger charge is -2.07. The molecule has 22 heavy (non-hydrogen) atoms. The highest BCUT2D eigenvalue weighted by Crippen LogP contribution is 2.21. The van der Waals surface area contributed by atoms with Crippen molar-refractivity contribution in [2.45, 2.75) is 13.5 Å². The molecule has 7 heteroatoms. The zero-order valence-corrected chi connectivity index (χ0v) is 12.6. The van der Waals surface area contributed by atoms with E-state index in [0.29, 0.717) is 5.69 Å². The van der Waals surface area contributed by atoms with E-state index in [1.165, 1.54) is 11.3 Å². The van der Waals surface area contributed by atoms with Gasteiger partial charge in [0.15, 0.2) is 0 Å². The number of benzene rings is 1. The lowest BCUT2D eigenvalue weighted by molar-refractivity contribution is -0.117. The first kappa shape index (κ1) is 14.3. The van der Waals surface area contributed by atoms with Crippen molar-refractivity contribution in [2.24, 2.45) is 0 Å². The van der Waals surface area contributed by atoms with Gasteiger partial charge in [-0.05, 0) is 30.0 Å². The van der Waals surface area contributed by atoms with Gasteiger partial charge >= 0.3 is 5.76 Å². The van der Waals surface area contributed by atoms with Crippen molar-refractivity contribution in [1.82, 2.24) is 9.78 Å². The summed E-state index contributed by atoms with van der Waals surface area (Å²) in [6.07, 6.45) is 0. The van der Waals surface area contributed by atoms with Gasteiger partial charge in [-0.15, -0.1) is 16.4 Å². The molecule has 2 heterocycles. The van der Waals surface area contributed by atoms with Crippen LogP contribution in [0.3, 0.4) is 0 Å². The zero-order valence-electron chi connectivity index (χ0n) is 11.8. The van der Waals surface area contributed by atoms with Crippen LogP contribution >= 0.6 is 11.3 Å². The maximum Gasteiger partial charge on any atom is 0.437 e. The van der Waals surface area contributed by atoms with Gasteiger partial charge in [-0.1, -0.05) is 24.3 Å². The van der Waals surface area contributed by atoms with Gasteiger partial charge in [-0.25, -0.2) is 4.79 Å². The number of aryl methyl sites for hydroxylation is 1. The van der Waals surface area contributed by atoms with Crippen LogP contribution in [0.1, 0.15) is 5.56 Å². The number of nitrogens with zero attached hydrogens (tertiary/aromatic N) is 2. The predicted octanol–water partition coefficient (Wildman–Crippen LogP) is 2.51. The third kappa shape index (κ3) is 2.99. The fraction of sp³-hybridized carbons (Fsp3) is 0.133. The second-order valence-electron chi connectivity index (χ2n) is 4.67. The molecule has 6 nitrogen and oxygen atoms in total. The normalized spacial score (nSPS) is 10.6. The molecular weight excluding hydrogens is 302 g/mol. The summed E-state index contributed by atoms with van der Waals surface area (Å²) in [5, 5.41) is 8.66. The Bertz CT molecular complexity index is 849. The van der Waals surface area contributed by atoms with Crippen molar-refractivity contribution < 1.29 is 9.21 Å². The van der Waals surface area contributed by atoms with Crippen LogP contribution in [0, 0.1) is 6.92 Å². The molecule has 1 aromatic carbocycles. The van der Waals surface area contributed by atoms with Crippen molar-refractivity contribution >= 4 is 22.9 Å². The second-order valence-corrected chi connectivity index (χ2v) is 5.62. The van der Waals surface area contributed by atoms with Gasteiger partial charge in [-0.3, -0.25) is 4.79 Å². The number of carbonyl (C=O) groups excluding carboxylic acids is 1. The van der Waals surface area contributed by atoms with Gasteiger partial charge in [0.25, 0.3) is 5.89 Å². The maximum absolute atomic E-state index is 12.0. The molecule has 0 aliphatic rings. The molecule has 0 unspecified atom stereocenters. The Labute approximate surface area is 130 Å². The molecule has 1 N–H and O–H groups in total. The Morgan fingerprint density at radius 3 is 2.86 bits per heavy atom. The summed E-state index contributed by atoms with van der Waals surface area (Å²) < 4.78 is 6.08. The van der Waals surface area contributed by atoms with E-state index in [0.717, 1.165) is 15.1 Å². The first-order chi connectivity index (χ1) is 10.6. The van der Waals surface area contributed by atoms with Gasteiger partial charge in [0.1, 0.15) is 6.54 Å². The van der Waals surface area contributed by atoms with Crippen LogP contribution in [0.15, 0.2) is 51.0 Å². The van der Waals surface area contributed by atoms with Crippen LogP contribution in [0.5, 0.6) is 0 Å². The Morgan fingerprint density at radius 1 is 1.32 bits per heavy atom. The highest BCUT2D eigenvalue weighted by Gasteiger charge is 2.14. The first-order valence-corrected chi connectivity index (χ1v) is 7.49. The lowest BCUT2D eigenvalue weighted by Crippen LogP contribution is -2.26. The number of aromatic nitrogens is 2. The third-order valence-corrected chi connectivity index (χ3v) is 3.91. The number of thiophene rings is 1. The van der Waals surface area contributed by atoms with E-state index in [1.54, 1.807) is 12.1 Å². The molecule has 0 atom stereocenters. The minimum absolute atomic E-state index is 0.192. The van der Waals surface area contributed by atoms with Crippen molar-refractivity contribution in [1.29, 1.82) is 0 Å². The van der Waals surface area contributed by atoms with Gasteiger partial charge in [0, 0.05) is 5.69 Å². The highest BCUT2D eigenvalue weighted by molar-refractivity contribution is 7.13. The van der Waals surface area contributed by atoms with E-state index in [1.807, 2.05) is 36.6 Å². The van der Waals surface area contributed by atoms with E-state index in [-0.39, 0.29) is 18.3 Å². The largest absolute Gasteiger partial charge is 0.437 e. The topological polar surface area (TPSA) is 77.1 Å². The van der Waals surface area contributed by atoms with E-state index in [4.69, 9.17) is 4.42 Å². The molecule has 0 saturated carbocycles. The number of rotatable bonds is 4. The van der Waals surface area contributed by atoms with E-state index in [2.05, 4.69) is 10.4 Å². The Hall–Kier alpha value is -2.67. The Kier molecular flexibility index (Phi) is 3.88. The molecule has 0 aliphatic heterocycles. The van der Waals surface area contributed by atoms with Gasteiger partial charge < -0.3 is 9.73 Å². The summed E-state index contributed by atoms with van der Waals surface area (Å²) in [7, 11) is 0. The fourth-order valence-corrected chi connectivity index (χ4v) is 2.59. The first-order valence-electron chi connectivity index (χ1n) is 6.61. The number of anilines is 1. The molecule has 0 radical (unpaired) electrons. The molecule has 0 fully saturated rings. The summed E-state index contributed by atoms with van der Waals surface area (Å²) >= 11 is 1.41. The Balaban J connectivity index is 1.75. The maximum atomic E-state index is 12.0. The standard InChI is InChI=1S/C15H13N3O3S/c1-10-5-2-3-6-11(10)16-13(19)9-18-15(20)21-14(17-18)12-7-4-8-22-12/h2-8H,9H2,1H3,(H,16,19). The summed E-state index contributed by atoms with van der Waals surface area (Å²) in [5.74, 6) is -0.755. The predicted molar refractivity (Wildman–Crippen MR) is 83.9 cm³/mol. The van der Waals surface area contributed by atoms with Crippen LogP contribution in [0.25, 0.3) is 10.8 Å². The molecule has 112 valence electrons. The van der Waals surface area contributed by atoms with Crippen molar-refractivity contribution in [2.75, 3.05) is 5.32 Å². The summed E-state index contributed by atoms with van der Waals surface area (Å²) in [5.41, 5.74) is 1.66. The third-order valence-electron chi connectivity index (χ3n) is 3.05. The quantitative estimate of drug-likeness (QED) is 0.802. The summed E-state index contributed by atoms with van der Waals surface area (Å²) in [4.78, 5) is 24.5. The van der Waals surface area contributed by atoms with Crippen LogP contribution in [-0.2, 0) is 11.3 Å². The number of amides is 1. The van der Waals surface area contributed by atoms with Crippen LogP contribution in [0.2, 0.25) is 0 Å². The molecule has 2 aromatic heterocycles. The minimum Gasteiger partial charge on any atom is -0.387 e. The van der Waals surface area contributed by atoms with Crippen molar-refractivity contribution in [3.8, 4) is 10.8 Å². The smallest absolute Gasteiger partial charge is 0.387 e. The molecular formula is C15H13N3O3S. The number of para-hydroxylation sites is 1. The number of carbonyl (C=O) groups is 1. The molecule has 0 spiro atoms. The number of hydrogen-bond donors (Lipinski definition) is 1. The van der Waals surface area contributed by atoms with Gasteiger partial charge in [0.05, 0.1) is 4.88 Å². The molecule has 3 aromatic rings. The second kappa shape index (κ2) is 5.98. The fourth-order valence-electron chi connectivity index (χ4n) is 1.94. The lowest BCUT2D eigenvalue weighted by atomic mass is 10.2. The molecule has 1 amide bonds. The van der Waals surface area contributed by atoms with Crippen molar-refractivity contribution in [3.05, 3.63) is 57.9 Å². The average Bonchev–Trinajstić information content (AvgIpc) is 3.12. The van der Waals surface area contributed by atoms with Crippen LogP contribution in [0.4, 0.5) is 5.69 Å². The Morgan fingerprint density at radius 2 is 2.14 bits per heavy atom. The monoisotopic (exact) mass is 315 g/mol. The van der Waals surface area contributed by atoms with Crippen molar-refractivity contribution in [3.63, 3.8) is 0 Å². The molecule has 0 saturated heterocycles. The summed E-state index contributed by atoms with van der Waals surface area (Å²) in [6, 6.07) is 11.1. The van der Waals surface area contributed by atoms with Crippen LogP contribution in [-0.4, -0.2) is 15.7 Å². The van der Waals surface area contributed by atoms with E-state index < -0.39 is 5.76 Å². The summed E-state index contributed by atoms with van der Waals surface area (Å²) in [6.45, 7) is 1.70. The highest BCUT2D eigenvalue weighted by atomic mass is 32.1. The number of nitrogens with one attached hydrogen (secondary N) is 1. The van der Waals surface area contributed by atoms with Gasteiger partial charge in [0.2, 0.25) is 5.91 Å². The average molecular weight is 315 g/mol. The van der Waals surface area contributed by atoms with E-state index in [9.17, 15) is 9.59 Å². The molecule has 0 bridgehead atoms.